The standard InChI is InChI=1S/C19H25NO4/c1-2-17-16(14-5-3-4-6-18(14)24-17)12-20-11-15(19(21)22)13-7-9-23-10-8-13/h3-6,13,15,20H,2,7-12H2,1H3,(H,21,22). The number of rotatable bonds is 7. The van der Waals surface area contributed by atoms with Gasteiger partial charge in [-0.1, -0.05) is 25.1 Å². The second-order valence-corrected chi connectivity index (χ2v) is 6.38. The zero-order valence-corrected chi connectivity index (χ0v) is 14.1. The molecule has 0 spiro atoms. The molecular formula is C19H25NO4. The summed E-state index contributed by atoms with van der Waals surface area (Å²) in [6.07, 6.45) is 2.48. The first-order chi connectivity index (χ1) is 11.7. The van der Waals surface area contributed by atoms with Crippen LogP contribution in [0.1, 0.15) is 31.1 Å². The van der Waals surface area contributed by atoms with E-state index in [2.05, 4.69) is 18.3 Å². The fourth-order valence-corrected chi connectivity index (χ4v) is 3.56. The van der Waals surface area contributed by atoms with E-state index >= 15 is 0 Å². The van der Waals surface area contributed by atoms with Gasteiger partial charge in [0.2, 0.25) is 0 Å². The first-order valence-corrected chi connectivity index (χ1v) is 8.71. The zero-order chi connectivity index (χ0) is 16.9. The highest BCUT2D eigenvalue weighted by Gasteiger charge is 2.29. The fraction of sp³-hybridized carbons (Fsp3) is 0.526. The van der Waals surface area contributed by atoms with E-state index in [0.29, 0.717) is 26.3 Å². The molecule has 1 aliphatic heterocycles. The van der Waals surface area contributed by atoms with Crippen molar-refractivity contribution in [3.63, 3.8) is 0 Å². The lowest BCUT2D eigenvalue weighted by atomic mass is 9.86. The van der Waals surface area contributed by atoms with Crippen LogP contribution in [-0.2, 0) is 22.5 Å². The molecule has 1 saturated heterocycles. The van der Waals surface area contributed by atoms with Crippen LogP contribution in [0, 0.1) is 11.8 Å². The van der Waals surface area contributed by atoms with Crippen molar-refractivity contribution in [3.8, 4) is 0 Å². The quantitative estimate of drug-likeness (QED) is 0.815. The summed E-state index contributed by atoms with van der Waals surface area (Å²) in [5.74, 6) is 0.0800. The van der Waals surface area contributed by atoms with Gasteiger partial charge in [0.25, 0.3) is 0 Å². The number of fused-ring (bicyclic) bond motifs is 1. The topological polar surface area (TPSA) is 71.7 Å². The molecule has 1 aliphatic rings. The lowest BCUT2D eigenvalue weighted by Crippen LogP contribution is -2.36. The van der Waals surface area contributed by atoms with Gasteiger partial charge in [-0.25, -0.2) is 0 Å². The van der Waals surface area contributed by atoms with Gasteiger partial charge in [0.1, 0.15) is 11.3 Å². The normalized spacial score (nSPS) is 17.2. The van der Waals surface area contributed by atoms with Crippen LogP contribution in [0.4, 0.5) is 0 Å². The summed E-state index contributed by atoms with van der Waals surface area (Å²) in [6.45, 7) is 4.51. The van der Waals surface area contributed by atoms with E-state index < -0.39 is 5.97 Å². The summed E-state index contributed by atoms with van der Waals surface area (Å²) in [4.78, 5) is 11.6. The molecule has 1 aromatic carbocycles. The van der Waals surface area contributed by atoms with Crippen molar-refractivity contribution in [1.82, 2.24) is 5.32 Å². The van der Waals surface area contributed by atoms with E-state index in [4.69, 9.17) is 9.15 Å². The molecule has 2 N–H and O–H groups in total. The van der Waals surface area contributed by atoms with Crippen molar-refractivity contribution >= 4 is 16.9 Å². The maximum atomic E-state index is 11.6. The molecule has 5 nitrogen and oxygen atoms in total. The molecule has 5 heteroatoms. The predicted octanol–water partition coefficient (Wildman–Crippen LogP) is 3.21. The Balaban J connectivity index is 1.67. The summed E-state index contributed by atoms with van der Waals surface area (Å²) in [6, 6.07) is 8.00. The molecule has 1 fully saturated rings. The van der Waals surface area contributed by atoms with Crippen molar-refractivity contribution in [1.29, 1.82) is 0 Å². The van der Waals surface area contributed by atoms with Crippen LogP contribution in [0.5, 0.6) is 0 Å². The first-order valence-electron chi connectivity index (χ1n) is 8.71. The van der Waals surface area contributed by atoms with Crippen LogP contribution in [0.3, 0.4) is 0 Å². The van der Waals surface area contributed by atoms with Gasteiger partial charge < -0.3 is 19.6 Å². The Kier molecular flexibility index (Phi) is 5.53. The molecule has 3 rings (SSSR count). The molecule has 2 heterocycles. The van der Waals surface area contributed by atoms with E-state index in [1.165, 1.54) is 0 Å². The van der Waals surface area contributed by atoms with Gasteiger partial charge in [-0.2, -0.15) is 0 Å². The molecule has 0 aliphatic carbocycles. The van der Waals surface area contributed by atoms with Crippen molar-refractivity contribution in [2.24, 2.45) is 11.8 Å². The first kappa shape index (κ1) is 17.0. The third-order valence-electron chi connectivity index (χ3n) is 4.92. The number of benzene rings is 1. The van der Waals surface area contributed by atoms with Crippen LogP contribution >= 0.6 is 0 Å². The minimum absolute atomic E-state index is 0.190. The minimum Gasteiger partial charge on any atom is -0.481 e. The number of hydrogen-bond donors (Lipinski definition) is 2. The third-order valence-corrected chi connectivity index (χ3v) is 4.92. The van der Waals surface area contributed by atoms with E-state index in [0.717, 1.165) is 41.6 Å². The van der Waals surface area contributed by atoms with Gasteiger partial charge in [-0.05, 0) is 24.8 Å². The highest BCUT2D eigenvalue weighted by molar-refractivity contribution is 5.82. The Bertz CT molecular complexity index is 688. The number of aryl methyl sites for hydroxylation is 1. The van der Waals surface area contributed by atoms with Crippen molar-refractivity contribution in [2.45, 2.75) is 32.7 Å². The fourth-order valence-electron chi connectivity index (χ4n) is 3.56. The van der Waals surface area contributed by atoms with E-state index in [-0.39, 0.29) is 11.8 Å². The minimum atomic E-state index is -0.720. The Morgan fingerprint density at radius 3 is 2.79 bits per heavy atom. The van der Waals surface area contributed by atoms with E-state index in [9.17, 15) is 9.90 Å². The summed E-state index contributed by atoms with van der Waals surface area (Å²) in [5.41, 5.74) is 2.04. The molecule has 130 valence electrons. The molecule has 0 radical (unpaired) electrons. The number of carbonyl (C=O) groups is 1. The molecule has 1 unspecified atom stereocenters. The molecule has 2 aromatic rings. The van der Waals surface area contributed by atoms with E-state index in [1.807, 2.05) is 18.2 Å². The highest BCUT2D eigenvalue weighted by Crippen LogP contribution is 2.27. The van der Waals surface area contributed by atoms with Crippen molar-refractivity contribution in [3.05, 3.63) is 35.6 Å². The van der Waals surface area contributed by atoms with Gasteiger partial charge in [0.15, 0.2) is 0 Å². The Morgan fingerprint density at radius 2 is 2.08 bits per heavy atom. The number of carboxylic acids is 1. The molecule has 1 aromatic heterocycles. The maximum Gasteiger partial charge on any atom is 0.308 e. The molecule has 1 atom stereocenters. The van der Waals surface area contributed by atoms with Gasteiger partial charge in [0, 0.05) is 43.7 Å². The number of ether oxygens (including phenoxy) is 1. The van der Waals surface area contributed by atoms with Crippen molar-refractivity contribution < 1.29 is 19.1 Å². The molecule has 0 amide bonds. The Morgan fingerprint density at radius 1 is 1.33 bits per heavy atom. The van der Waals surface area contributed by atoms with Crippen LogP contribution in [-0.4, -0.2) is 30.8 Å². The Labute approximate surface area is 142 Å². The van der Waals surface area contributed by atoms with Gasteiger partial charge in [-0.3, -0.25) is 4.79 Å². The van der Waals surface area contributed by atoms with Crippen LogP contribution in [0.25, 0.3) is 11.0 Å². The second-order valence-electron chi connectivity index (χ2n) is 6.38. The number of aliphatic carboxylic acids is 1. The molecule has 24 heavy (non-hydrogen) atoms. The lowest BCUT2D eigenvalue weighted by molar-refractivity contribution is -0.144. The predicted molar refractivity (Wildman–Crippen MR) is 92.0 cm³/mol. The lowest BCUT2D eigenvalue weighted by Gasteiger charge is -2.27. The summed E-state index contributed by atoms with van der Waals surface area (Å²) >= 11 is 0. The monoisotopic (exact) mass is 331 g/mol. The Hall–Kier alpha value is -1.85. The number of para-hydroxylation sites is 1. The van der Waals surface area contributed by atoms with Gasteiger partial charge in [-0.15, -0.1) is 0 Å². The van der Waals surface area contributed by atoms with Crippen molar-refractivity contribution in [2.75, 3.05) is 19.8 Å². The number of nitrogens with one attached hydrogen (secondary N) is 1. The zero-order valence-electron chi connectivity index (χ0n) is 14.1. The van der Waals surface area contributed by atoms with Crippen LogP contribution in [0.15, 0.2) is 28.7 Å². The third kappa shape index (κ3) is 3.62. The average molecular weight is 331 g/mol. The van der Waals surface area contributed by atoms with Gasteiger partial charge in [0.05, 0.1) is 5.92 Å². The average Bonchev–Trinajstić information content (AvgIpc) is 2.97. The molecule has 0 saturated carbocycles. The summed E-state index contributed by atoms with van der Waals surface area (Å²) in [5, 5.41) is 14.0. The van der Waals surface area contributed by atoms with Gasteiger partial charge >= 0.3 is 5.97 Å². The smallest absolute Gasteiger partial charge is 0.308 e. The second kappa shape index (κ2) is 7.81. The van der Waals surface area contributed by atoms with E-state index in [1.54, 1.807) is 0 Å². The summed E-state index contributed by atoms with van der Waals surface area (Å²) in [7, 11) is 0. The molecule has 0 bridgehead atoms. The molecular weight excluding hydrogens is 306 g/mol. The number of furan rings is 1. The van der Waals surface area contributed by atoms with Crippen LogP contribution < -0.4 is 5.32 Å². The highest BCUT2D eigenvalue weighted by atomic mass is 16.5. The largest absolute Gasteiger partial charge is 0.481 e. The number of hydrogen-bond acceptors (Lipinski definition) is 4. The van der Waals surface area contributed by atoms with Crippen LogP contribution in [0.2, 0.25) is 0 Å². The SMILES string of the molecule is CCc1oc2ccccc2c1CNCC(C(=O)O)C1CCOCC1. The maximum absolute atomic E-state index is 11.6. The summed E-state index contributed by atoms with van der Waals surface area (Å²) < 4.78 is 11.2. The number of carboxylic acid groups (broad SMARTS) is 1.